The van der Waals surface area contributed by atoms with Crippen LogP contribution in [0.2, 0.25) is 0 Å². The molecular weight excluding hydrogens is 262 g/mol. The molecule has 0 radical (unpaired) electrons. The molecule has 1 saturated heterocycles. The van der Waals surface area contributed by atoms with Gasteiger partial charge in [0.05, 0.1) is 6.61 Å². The van der Waals surface area contributed by atoms with Crippen LogP contribution in [0.3, 0.4) is 0 Å². The van der Waals surface area contributed by atoms with Crippen molar-refractivity contribution in [3.63, 3.8) is 0 Å². The van der Waals surface area contributed by atoms with Crippen LogP contribution in [0.25, 0.3) is 0 Å². The largest absolute Gasteiger partial charge is 0.378 e. The quantitative estimate of drug-likeness (QED) is 0.467. The number of nitrogens with one attached hydrogen (secondary N) is 2. The van der Waals surface area contributed by atoms with Gasteiger partial charge in [-0.15, -0.1) is 0 Å². The van der Waals surface area contributed by atoms with Crippen molar-refractivity contribution in [1.82, 2.24) is 15.0 Å². The maximum atomic E-state index is 5.55. The molecule has 4 N–H and O–H groups in total. The highest BCUT2D eigenvalue weighted by atomic mass is 16.5. The molecule has 0 bridgehead atoms. The number of ether oxygens (including phenoxy) is 2. The third kappa shape index (κ3) is 3.24. The van der Waals surface area contributed by atoms with Crippen LogP contribution < -0.4 is 21.5 Å². The molecule has 1 aromatic rings. The van der Waals surface area contributed by atoms with E-state index in [0.717, 1.165) is 6.42 Å². The fourth-order valence-corrected chi connectivity index (χ4v) is 1.91. The zero-order valence-corrected chi connectivity index (χ0v) is 12.0. The highest BCUT2D eigenvalue weighted by Crippen LogP contribution is 2.23. The molecule has 1 fully saturated rings. The van der Waals surface area contributed by atoms with Crippen LogP contribution in [0.5, 0.6) is 0 Å². The number of anilines is 3. The fourth-order valence-electron chi connectivity index (χ4n) is 1.91. The van der Waals surface area contributed by atoms with Gasteiger partial charge in [0.15, 0.2) is 0 Å². The van der Waals surface area contributed by atoms with Gasteiger partial charge in [-0.25, -0.2) is 5.84 Å². The van der Waals surface area contributed by atoms with Crippen LogP contribution in [-0.4, -0.2) is 61.5 Å². The van der Waals surface area contributed by atoms with Crippen molar-refractivity contribution >= 4 is 17.8 Å². The van der Waals surface area contributed by atoms with E-state index >= 15 is 0 Å². The molecule has 9 heteroatoms. The van der Waals surface area contributed by atoms with Gasteiger partial charge < -0.3 is 19.7 Å². The van der Waals surface area contributed by atoms with Crippen molar-refractivity contribution in [1.29, 1.82) is 0 Å². The summed E-state index contributed by atoms with van der Waals surface area (Å²) >= 11 is 0. The Morgan fingerprint density at radius 3 is 2.65 bits per heavy atom. The normalized spacial score (nSPS) is 21.8. The van der Waals surface area contributed by atoms with Gasteiger partial charge in [-0.2, -0.15) is 15.0 Å². The Kier molecular flexibility index (Phi) is 4.53. The standard InChI is InChI=1S/C11H21N7O2/c1-18(2)10-15-8(14-9(16-10)17-12)13-6-11(19-3)4-5-20-7-11/h4-7,12H2,1-3H3,(H2,13,14,15,16,17). The van der Waals surface area contributed by atoms with Crippen molar-refractivity contribution in [3.05, 3.63) is 0 Å². The minimum Gasteiger partial charge on any atom is -0.378 e. The van der Waals surface area contributed by atoms with E-state index in [-0.39, 0.29) is 5.60 Å². The number of methoxy groups -OCH3 is 1. The first-order valence-corrected chi connectivity index (χ1v) is 6.35. The van der Waals surface area contributed by atoms with Gasteiger partial charge in [0.1, 0.15) is 5.60 Å². The minimum atomic E-state index is -0.332. The van der Waals surface area contributed by atoms with Crippen LogP contribution in [0.1, 0.15) is 6.42 Å². The van der Waals surface area contributed by atoms with E-state index in [0.29, 0.717) is 37.6 Å². The summed E-state index contributed by atoms with van der Waals surface area (Å²) in [7, 11) is 5.38. The summed E-state index contributed by atoms with van der Waals surface area (Å²) in [6.45, 7) is 1.82. The molecule has 0 spiro atoms. The molecule has 20 heavy (non-hydrogen) atoms. The molecule has 0 saturated carbocycles. The summed E-state index contributed by atoms with van der Waals surface area (Å²) in [6, 6.07) is 0. The molecule has 2 rings (SSSR count). The van der Waals surface area contributed by atoms with Gasteiger partial charge in [-0.3, -0.25) is 5.43 Å². The Hall–Kier alpha value is -1.71. The predicted octanol–water partition coefficient (Wildman–Crippen LogP) is -0.559. The summed E-state index contributed by atoms with van der Waals surface area (Å²) in [5.41, 5.74) is 2.10. The molecule has 9 nitrogen and oxygen atoms in total. The van der Waals surface area contributed by atoms with Gasteiger partial charge in [-0.1, -0.05) is 0 Å². The van der Waals surface area contributed by atoms with E-state index < -0.39 is 0 Å². The second-order valence-corrected chi connectivity index (χ2v) is 4.86. The molecule has 0 amide bonds. The molecule has 1 unspecified atom stereocenters. The Balaban J connectivity index is 2.10. The van der Waals surface area contributed by atoms with E-state index in [1.165, 1.54) is 0 Å². The second kappa shape index (κ2) is 6.16. The van der Waals surface area contributed by atoms with E-state index in [9.17, 15) is 0 Å². The first-order valence-electron chi connectivity index (χ1n) is 6.35. The van der Waals surface area contributed by atoms with Crippen molar-refractivity contribution in [2.24, 2.45) is 5.84 Å². The van der Waals surface area contributed by atoms with Crippen LogP contribution in [0.4, 0.5) is 17.8 Å². The number of nitrogen functional groups attached to an aromatic ring is 1. The lowest BCUT2D eigenvalue weighted by atomic mass is 10.0. The minimum absolute atomic E-state index is 0.306. The van der Waals surface area contributed by atoms with Gasteiger partial charge in [-0.05, 0) is 0 Å². The van der Waals surface area contributed by atoms with Gasteiger partial charge in [0, 0.05) is 40.8 Å². The maximum absolute atomic E-state index is 5.55. The van der Waals surface area contributed by atoms with Gasteiger partial charge >= 0.3 is 0 Å². The Morgan fingerprint density at radius 2 is 2.10 bits per heavy atom. The van der Waals surface area contributed by atoms with E-state index in [1.807, 2.05) is 14.1 Å². The third-order valence-electron chi connectivity index (χ3n) is 3.22. The SMILES string of the molecule is COC1(CNc2nc(NN)nc(N(C)C)n2)CCOC1. The Labute approximate surface area is 117 Å². The average molecular weight is 283 g/mol. The van der Waals surface area contributed by atoms with Crippen LogP contribution in [-0.2, 0) is 9.47 Å². The molecule has 1 aromatic heterocycles. The fraction of sp³-hybridized carbons (Fsp3) is 0.727. The predicted molar refractivity (Wildman–Crippen MR) is 75.6 cm³/mol. The molecule has 2 heterocycles. The second-order valence-electron chi connectivity index (χ2n) is 4.86. The van der Waals surface area contributed by atoms with Crippen LogP contribution in [0.15, 0.2) is 0 Å². The van der Waals surface area contributed by atoms with Crippen molar-refractivity contribution in [2.45, 2.75) is 12.0 Å². The Bertz CT molecular complexity index is 448. The van der Waals surface area contributed by atoms with Crippen LogP contribution >= 0.6 is 0 Å². The summed E-state index contributed by atoms with van der Waals surface area (Å²) in [6.07, 6.45) is 0.837. The van der Waals surface area contributed by atoms with Crippen molar-refractivity contribution in [3.8, 4) is 0 Å². The van der Waals surface area contributed by atoms with E-state index in [2.05, 4.69) is 25.7 Å². The number of hydrogen-bond donors (Lipinski definition) is 3. The van der Waals surface area contributed by atoms with Crippen molar-refractivity contribution in [2.75, 3.05) is 56.6 Å². The number of nitrogens with two attached hydrogens (primary N) is 1. The molecule has 112 valence electrons. The molecule has 0 aromatic carbocycles. The molecule has 1 aliphatic rings. The van der Waals surface area contributed by atoms with E-state index in [4.69, 9.17) is 15.3 Å². The summed E-state index contributed by atoms with van der Waals surface area (Å²) in [4.78, 5) is 14.4. The smallest absolute Gasteiger partial charge is 0.243 e. The summed E-state index contributed by atoms with van der Waals surface area (Å²) < 4.78 is 10.9. The lowest BCUT2D eigenvalue weighted by molar-refractivity contribution is -0.00631. The highest BCUT2D eigenvalue weighted by Gasteiger charge is 2.35. The molecule has 1 aliphatic heterocycles. The highest BCUT2D eigenvalue weighted by molar-refractivity contribution is 5.42. The zero-order chi connectivity index (χ0) is 14.6. The number of aromatic nitrogens is 3. The number of nitrogens with zero attached hydrogens (tertiary/aromatic N) is 4. The molecule has 1 atom stereocenters. The zero-order valence-electron chi connectivity index (χ0n) is 12.0. The van der Waals surface area contributed by atoms with E-state index in [1.54, 1.807) is 12.0 Å². The Morgan fingerprint density at radius 1 is 1.35 bits per heavy atom. The summed E-state index contributed by atoms with van der Waals surface area (Å²) in [5.74, 6) is 6.63. The lowest BCUT2D eigenvalue weighted by Crippen LogP contribution is -2.40. The lowest BCUT2D eigenvalue weighted by Gasteiger charge is -2.26. The number of hydrogen-bond acceptors (Lipinski definition) is 9. The monoisotopic (exact) mass is 283 g/mol. The van der Waals surface area contributed by atoms with Crippen molar-refractivity contribution < 1.29 is 9.47 Å². The first-order chi connectivity index (χ1) is 9.58. The first kappa shape index (κ1) is 14.7. The summed E-state index contributed by atoms with van der Waals surface area (Å²) in [5, 5.41) is 3.16. The van der Waals surface area contributed by atoms with Gasteiger partial charge in [0.2, 0.25) is 17.8 Å². The molecular formula is C11H21N7O2. The number of hydrazine groups is 1. The van der Waals surface area contributed by atoms with Gasteiger partial charge in [0.25, 0.3) is 0 Å². The molecule has 0 aliphatic carbocycles. The maximum Gasteiger partial charge on any atom is 0.243 e. The topological polar surface area (TPSA) is 110 Å². The van der Waals surface area contributed by atoms with Crippen LogP contribution in [0, 0.1) is 0 Å². The average Bonchev–Trinajstić information content (AvgIpc) is 2.94. The third-order valence-corrected chi connectivity index (χ3v) is 3.22. The number of rotatable bonds is 6.